The predicted molar refractivity (Wildman–Crippen MR) is 101 cm³/mol. The maximum Gasteiger partial charge on any atom is 0.303 e. The number of nitrogens with one attached hydrogen (secondary N) is 1. The highest BCUT2D eigenvalue weighted by molar-refractivity contribution is 5.66. The lowest BCUT2D eigenvalue weighted by atomic mass is 9.71. The van der Waals surface area contributed by atoms with E-state index in [1.165, 1.54) is 6.92 Å². The number of esters is 1. The second-order valence-electron chi connectivity index (χ2n) is 8.75. The lowest BCUT2D eigenvalue weighted by molar-refractivity contribution is -0.184. The third-order valence-electron chi connectivity index (χ3n) is 6.41. The molecule has 3 aliphatic rings. The number of methoxy groups -OCH3 is 2. The third kappa shape index (κ3) is 4.68. The monoisotopic (exact) mass is 401 g/mol. The number of aliphatic hydroxyl groups is 1. The highest BCUT2D eigenvalue weighted by Crippen LogP contribution is 2.42. The molecule has 2 saturated heterocycles. The summed E-state index contributed by atoms with van der Waals surface area (Å²) in [5.41, 5.74) is -1.19. The molecule has 3 rings (SSSR count). The second kappa shape index (κ2) is 8.93. The molecule has 8 heteroatoms. The quantitative estimate of drug-likeness (QED) is 0.606. The zero-order valence-electron chi connectivity index (χ0n) is 17.6. The molecule has 2 N–H and O–H groups in total. The van der Waals surface area contributed by atoms with Crippen LogP contribution in [0.2, 0.25) is 0 Å². The molecular formula is C20H35NO7. The average Bonchev–Trinajstić information content (AvgIpc) is 3.09. The van der Waals surface area contributed by atoms with Crippen molar-refractivity contribution in [1.29, 1.82) is 0 Å². The molecule has 0 aromatic carbocycles. The molecule has 0 spiro atoms. The van der Waals surface area contributed by atoms with Crippen LogP contribution in [0.4, 0.5) is 0 Å². The molecular weight excluding hydrogens is 366 g/mol. The zero-order valence-corrected chi connectivity index (χ0v) is 17.6. The molecule has 0 amide bonds. The fraction of sp³-hybridized carbons (Fsp3) is 0.950. The molecule has 162 valence electrons. The van der Waals surface area contributed by atoms with Crippen LogP contribution in [0.3, 0.4) is 0 Å². The van der Waals surface area contributed by atoms with Gasteiger partial charge in [-0.3, -0.25) is 10.1 Å². The number of hydrogen-bond acceptors (Lipinski definition) is 8. The first-order chi connectivity index (χ1) is 13.2. The molecule has 1 aliphatic carbocycles. The summed E-state index contributed by atoms with van der Waals surface area (Å²) >= 11 is 0. The van der Waals surface area contributed by atoms with Gasteiger partial charge in [0, 0.05) is 45.6 Å². The van der Waals surface area contributed by atoms with E-state index in [9.17, 15) is 9.90 Å². The van der Waals surface area contributed by atoms with Crippen LogP contribution < -0.4 is 5.32 Å². The van der Waals surface area contributed by atoms with Crippen LogP contribution in [0.1, 0.15) is 40.0 Å². The van der Waals surface area contributed by atoms with Crippen molar-refractivity contribution in [3.8, 4) is 0 Å². The van der Waals surface area contributed by atoms with Crippen LogP contribution in [-0.2, 0) is 28.5 Å². The Bertz CT molecular complexity index is 537. The number of hydrogen-bond donors (Lipinski definition) is 2. The normalized spacial score (nSPS) is 39.1. The standard InChI is InChI=1S/C20H35NO7/c1-11(22)28-17(20(2,3)23)10-27-16-8-13-14(9-15(16)24-4)21-19-12(6-7-26-19)18(13)25-5/h12-19,21,23H,6-10H2,1-5H3. The fourth-order valence-electron chi connectivity index (χ4n) is 4.93. The highest BCUT2D eigenvalue weighted by Gasteiger charge is 2.51. The van der Waals surface area contributed by atoms with Gasteiger partial charge in [-0.25, -0.2) is 0 Å². The Hall–Kier alpha value is -0.770. The zero-order chi connectivity index (χ0) is 20.5. The number of piperidine rings is 1. The summed E-state index contributed by atoms with van der Waals surface area (Å²) in [6, 6.07) is 0.243. The topological polar surface area (TPSA) is 95.5 Å². The summed E-state index contributed by atoms with van der Waals surface area (Å²) in [7, 11) is 3.46. The van der Waals surface area contributed by atoms with Crippen molar-refractivity contribution in [2.24, 2.45) is 11.8 Å². The SMILES string of the molecule is COC1CC2NC3OCCC3C(OC)C2CC1OCC(OC(C)=O)C(C)(C)O. The summed E-state index contributed by atoms with van der Waals surface area (Å²) in [5, 5.41) is 14.0. The Kier molecular flexibility index (Phi) is 7.00. The average molecular weight is 402 g/mol. The van der Waals surface area contributed by atoms with Gasteiger partial charge in [-0.15, -0.1) is 0 Å². The minimum atomic E-state index is -1.19. The van der Waals surface area contributed by atoms with Crippen molar-refractivity contribution in [1.82, 2.24) is 5.32 Å². The van der Waals surface area contributed by atoms with Crippen LogP contribution in [0.15, 0.2) is 0 Å². The van der Waals surface area contributed by atoms with Crippen molar-refractivity contribution in [2.75, 3.05) is 27.4 Å². The molecule has 3 fully saturated rings. The first kappa shape index (κ1) is 21.9. The summed E-state index contributed by atoms with van der Waals surface area (Å²) in [6.45, 7) is 5.43. The largest absolute Gasteiger partial charge is 0.457 e. The molecule has 0 aromatic heterocycles. The minimum Gasteiger partial charge on any atom is -0.457 e. The summed E-state index contributed by atoms with van der Waals surface area (Å²) in [4.78, 5) is 11.4. The van der Waals surface area contributed by atoms with Gasteiger partial charge < -0.3 is 28.8 Å². The first-order valence-electron chi connectivity index (χ1n) is 10.2. The smallest absolute Gasteiger partial charge is 0.303 e. The van der Waals surface area contributed by atoms with Crippen LogP contribution in [-0.4, -0.2) is 80.8 Å². The molecule has 28 heavy (non-hydrogen) atoms. The van der Waals surface area contributed by atoms with Gasteiger partial charge in [0.25, 0.3) is 0 Å². The Labute approximate surface area is 167 Å². The van der Waals surface area contributed by atoms with E-state index in [2.05, 4.69) is 5.32 Å². The molecule has 8 atom stereocenters. The third-order valence-corrected chi connectivity index (χ3v) is 6.41. The van der Waals surface area contributed by atoms with E-state index in [0.29, 0.717) is 11.8 Å². The molecule has 1 saturated carbocycles. The van der Waals surface area contributed by atoms with Gasteiger partial charge in [-0.2, -0.15) is 0 Å². The molecule has 8 nitrogen and oxygen atoms in total. The Morgan fingerprint density at radius 1 is 1.21 bits per heavy atom. The molecule has 2 aliphatic heterocycles. The van der Waals surface area contributed by atoms with E-state index in [1.807, 2.05) is 0 Å². The summed E-state index contributed by atoms with van der Waals surface area (Å²) < 4.78 is 28.9. The Morgan fingerprint density at radius 2 is 1.96 bits per heavy atom. The minimum absolute atomic E-state index is 0.0460. The Balaban J connectivity index is 1.68. The van der Waals surface area contributed by atoms with Gasteiger partial charge in [0.1, 0.15) is 6.23 Å². The van der Waals surface area contributed by atoms with E-state index in [-0.39, 0.29) is 37.2 Å². The van der Waals surface area contributed by atoms with E-state index >= 15 is 0 Å². The van der Waals surface area contributed by atoms with E-state index in [4.69, 9.17) is 23.7 Å². The number of fused-ring (bicyclic) bond motifs is 2. The van der Waals surface area contributed by atoms with Gasteiger partial charge in [0.05, 0.1) is 30.5 Å². The number of rotatable bonds is 7. The number of ether oxygens (including phenoxy) is 5. The first-order valence-corrected chi connectivity index (χ1v) is 10.2. The second-order valence-corrected chi connectivity index (χ2v) is 8.75. The van der Waals surface area contributed by atoms with Crippen molar-refractivity contribution < 1.29 is 33.6 Å². The van der Waals surface area contributed by atoms with Gasteiger partial charge in [-0.1, -0.05) is 0 Å². The van der Waals surface area contributed by atoms with Gasteiger partial charge in [0.15, 0.2) is 6.10 Å². The lowest BCUT2D eigenvalue weighted by Gasteiger charge is -2.50. The number of carbonyl (C=O) groups is 1. The van der Waals surface area contributed by atoms with Gasteiger partial charge in [-0.05, 0) is 33.1 Å². The van der Waals surface area contributed by atoms with Crippen LogP contribution in [0.5, 0.6) is 0 Å². The fourth-order valence-corrected chi connectivity index (χ4v) is 4.93. The van der Waals surface area contributed by atoms with Crippen molar-refractivity contribution in [3.63, 3.8) is 0 Å². The van der Waals surface area contributed by atoms with E-state index < -0.39 is 17.7 Å². The van der Waals surface area contributed by atoms with Crippen LogP contribution in [0.25, 0.3) is 0 Å². The van der Waals surface area contributed by atoms with Gasteiger partial charge in [0.2, 0.25) is 0 Å². The van der Waals surface area contributed by atoms with E-state index in [1.54, 1.807) is 28.1 Å². The number of carbonyl (C=O) groups excluding carboxylic acids is 1. The molecule has 0 radical (unpaired) electrons. The molecule has 0 bridgehead atoms. The Morgan fingerprint density at radius 3 is 2.57 bits per heavy atom. The maximum atomic E-state index is 11.4. The van der Waals surface area contributed by atoms with Crippen molar-refractivity contribution in [2.45, 2.75) is 82.3 Å². The molecule has 8 unspecified atom stereocenters. The van der Waals surface area contributed by atoms with Crippen molar-refractivity contribution in [3.05, 3.63) is 0 Å². The molecule has 0 aromatic rings. The highest BCUT2D eigenvalue weighted by atomic mass is 16.6. The molecule has 2 heterocycles. The lowest BCUT2D eigenvalue weighted by Crippen LogP contribution is -2.63. The maximum absolute atomic E-state index is 11.4. The van der Waals surface area contributed by atoms with Crippen molar-refractivity contribution >= 4 is 5.97 Å². The summed E-state index contributed by atoms with van der Waals surface area (Å²) in [5.74, 6) is 0.195. The van der Waals surface area contributed by atoms with Crippen LogP contribution >= 0.6 is 0 Å². The predicted octanol–water partition coefficient (Wildman–Crippen LogP) is 0.849. The van der Waals surface area contributed by atoms with Gasteiger partial charge >= 0.3 is 5.97 Å². The van der Waals surface area contributed by atoms with Crippen LogP contribution in [0, 0.1) is 11.8 Å². The van der Waals surface area contributed by atoms with E-state index in [0.717, 1.165) is 25.9 Å². The summed E-state index contributed by atoms with van der Waals surface area (Å²) in [6.07, 6.45) is 1.72.